The average molecular weight is 250 g/mol. The van der Waals surface area contributed by atoms with Gasteiger partial charge in [-0.2, -0.15) is 0 Å². The van der Waals surface area contributed by atoms with E-state index in [0.717, 1.165) is 12.2 Å². The number of hydrogen-bond acceptors (Lipinski definition) is 3. The number of Topliss-reactive ketones (excluding diaryl/α,β-unsaturated/α-hetero) is 1. The fraction of sp³-hybridized carbons (Fsp3) is 0.667. The van der Waals surface area contributed by atoms with Gasteiger partial charge in [-0.3, -0.25) is 4.79 Å². The highest BCUT2D eigenvalue weighted by atomic mass is 16.5. The first-order valence-corrected chi connectivity index (χ1v) is 6.55. The molecule has 0 aromatic carbocycles. The maximum absolute atomic E-state index is 12.3. The molecule has 1 saturated heterocycles. The molecule has 0 saturated carbocycles. The molecule has 100 valence electrons. The molecule has 1 aliphatic rings. The zero-order valence-corrected chi connectivity index (χ0v) is 11.7. The van der Waals surface area contributed by atoms with Gasteiger partial charge in [0.15, 0.2) is 0 Å². The molecule has 1 aromatic heterocycles. The summed E-state index contributed by atoms with van der Waals surface area (Å²) in [6.45, 7) is 8.12. The molecule has 1 unspecified atom stereocenters. The molecular formula is C15H22O3. The second-order valence-corrected chi connectivity index (χ2v) is 6.27. The molecule has 1 aliphatic heterocycles. The van der Waals surface area contributed by atoms with Crippen molar-refractivity contribution in [3.8, 4) is 0 Å². The van der Waals surface area contributed by atoms with Gasteiger partial charge in [-0.1, -0.05) is 0 Å². The Kier molecular flexibility index (Phi) is 3.37. The van der Waals surface area contributed by atoms with Gasteiger partial charge in [0.25, 0.3) is 0 Å². The topological polar surface area (TPSA) is 39.4 Å². The normalized spacial score (nSPS) is 25.2. The van der Waals surface area contributed by atoms with Gasteiger partial charge >= 0.3 is 0 Å². The first kappa shape index (κ1) is 13.3. The Bertz CT molecular complexity index is 415. The lowest BCUT2D eigenvalue weighted by Crippen LogP contribution is -2.33. The number of rotatable bonds is 4. The molecule has 1 atom stereocenters. The Balaban J connectivity index is 1.97. The summed E-state index contributed by atoms with van der Waals surface area (Å²) in [5, 5.41) is 0. The van der Waals surface area contributed by atoms with Crippen LogP contribution in [-0.2, 0) is 16.0 Å². The summed E-state index contributed by atoms with van der Waals surface area (Å²) in [6, 6.07) is 3.76. The smallest absolute Gasteiger partial charge is 0.139 e. The monoisotopic (exact) mass is 250 g/mol. The Morgan fingerprint density at radius 3 is 2.61 bits per heavy atom. The van der Waals surface area contributed by atoms with E-state index in [2.05, 4.69) is 13.8 Å². The van der Waals surface area contributed by atoms with Crippen molar-refractivity contribution in [3.63, 3.8) is 0 Å². The lowest BCUT2D eigenvalue weighted by Gasteiger charge is -2.26. The molecule has 0 amide bonds. The molecule has 1 aromatic rings. The van der Waals surface area contributed by atoms with Gasteiger partial charge in [-0.15, -0.1) is 0 Å². The van der Waals surface area contributed by atoms with Gasteiger partial charge in [0.1, 0.15) is 11.5 Å². The van der Waals surface area contributed by atoms with Crippen molar-refractivity contribution in [2.75, 3.05) is 0 Å². The van der Waals surface area contributed by atoms with E-state index >= 15 is 0 Å². The first-order valence-electron chi connectivity index (χ1n) is 6.55. The molecule has 2 heterocycles. The Morgan fingerprint density at radius 1 is 1.39 bits per heavy atom. The lowest BCUT2D eigenvalue weighted by atomic mass is 9.82. The molecule has 0 spiro atoms. The van der Waals surface area contributed by atoms with E-state index in [1.54, 1.807) is 6.26 Å². The SMILES string of the molecule is CC1(C)CC(C(=O)CCc2ccco2)C(C)(C)O1. The van der Waals surface area contributed by atoms with Gasteiger partial charge in [0, 0.05) is 18.8 Å². The van der Waals surface area contributed by atoms with Crippen LogP contribution in [0.1, 0.15) is 46.3 Å². The van der Waals surface area contributed by atoms with Crippen molar-refractivity contribution in [2.24, 2.45) is 5.92 Å². The van der Waals surface area contributed by atoms with Gasteiger partial charge in [-0.05, 0) is 46.2 Å². The maximum Gasteiger partial charge on any atom is 0.139 e. The number of hydrogen-bond donors (Lipinski definition) is 0. The second-order valence-electron chi connectivity index (χ2n) is 6.27. The molecule has 3 heteroatoms. The van der Waals surface area contributed by atoms with Crippen molar-refractivity contribution < 1.29 is 13.9 Å². The number of ether oxygens (including phenoxy) is 1. The molecule has 3 nitrogen and oxygen atoms in total. The van der Waals surface area contributed by atoms with Crippen LogP contribution >= 0.6 is 0 Å². The zero-order chi connectivity index (χ0) is 13.4. The highest BCUT2D eigenvalue weighted by Gasteiger charge is 2.48. The summed E-state index contributed by atoms with van der Waals surface area (Å²) in [4.78, 5) is 12.3. The van der Waals surface area contributed by atoms with E-state index in [1.165, 1.54) is 0 Å². The first-order chi connectivity index (χ1) is 8.30. The Hall–Kier alpha value is -1.09. The van der Waals surface area contributed by atoms with Crippen molar-refractivity contribution in [1.82, 2.24) is 0 Å². The zero-order valence-electron chi connectivity index (χ0n) is 11.7. The predicted octanol–water partition coefficient (Wildman–Crippen LogP) is 3.38. The van der Waals surface area contributed by atoms with E-state index in [0.29, 0.717) is 12.8 Å². The highest BCUT2D eigenvalue weighted by molar-refractivity contribution is 5.82. The largest absolute Gasteiger partial charge is 0.469 e. The van der Waals surface area contributed by atoms with Crippen LogP contribution in [0.15, 0.2) is 22.8 Å². The van der Waals surface area contributed by atoms with Gasteiger partial charge in [0.2, 0.25) is 0 Å². The molecular weight excluding hydrogens is 228 g/mol. The van der Waals surface area contributed by atoms with Crippen LogP contribution in [0.25, 0.3) is 0 Å². The third-order valence-corrected chi connectivity index (χ3v) is 3.66. The Labute approximate surface area is 109 Å². The van der Waals surface area contributed by atoms with Crippen LogP contribution < -0.4 is 0 Å². The number of carbonyl (C=O) groups is 1. The molecule has 0 N–H and O–H groups in total. The van der Waals surface area contributed by atoms with E-state index < -0.39 is 0 Å². The van der Waals surface area contributed by atoms with Gasteiger partial charge in [-0.25, -0.2) is 0 Å². The molecule has 18 heavy (non-hydrogen) atoms. The summed E-state index contributed by atoms with van der Waals surface area (Å²) in [5.74, 6) is 1.14. The van der Waals surface area contributed by atoms with Crippen LogP contribution in [-0.4, -0.2) is 17.0 Å². The number of ketones is 1. The quantitative estimate of drug-likeness (QED) is 0.822. The summed E-state index contributed by atoms with van der Waals surface area (Å²) in [7, 11) is 0. The minimum atomic E-state index is -0.357. The second kappa shape index (κ2) is 4.54. The maximum atomic E-state index is 12.3. The summed E-state index contributed by atoms with van der Waals surface area (Å²) < 4.78 is 11.2. The van der Waals surface area contributed by atoms with Crippen LogP contribution in [0, 0.1) is 5.92 Å². The number of carbonyl (C=O) groups excluding carboxylic acids is 1. The van der Waals surface area contributed by atoms with E-state index in [4.69, 9.17) is 9.15 Å². The third-order valence-electron chi connectivity index (χ3n) is 3.66. The van der Waals surface area contributed by atoms with Crippen molar-refractivity contribution in [1.29, 1.82) is 0 Å². The Morgan fingerprint density at radius 2 is 2.11 bits per heavy atom. The van der Waals surface area contributed by atoms with Crippen LogP contribution in [0.2, 0.25) is 0 Å². The van der Waals surface area contributed by atoms with E-state index in [9.17, 15) is 4.79 Å². The lowest BCUT2D eigenvalue weighted by molar-refractivity contribution is -0.129. The summed E-state index contributed by atoms with van der Waals surface area (Å²) in [6.07, 6.45) is 3.66. The van der Waals surface area contributed by atoms with Crippen molar-refractivity contribution >= 4 is 5.78 Å². The number of furan rings is 1. The highest BCUT2D eigenvalue weighted by Crippen LogP contribution is 2.42. The fourth-order valence-corrected chi connectivity index (χ4v) is 2.94. The minimum Gasteiger partial charge on any atom is -0.469 e. The van der Waals surface area contributed by atoms with Crippen LogP contribution in [0.3, 0.4) is 0 Å². The average Bonchev–Trinajstić information content (AvgIpc) is 2.80. The predicted molar refractivity (Wildman–Crippen MR) is 69.4 cm³/mol. The van der Waals surface area contributed by atoms with Crippen molar-refractivity contribution in [2.45, 2.75) is 58.2 Å². The van der Waals surface area contributed by atoms with E-state index in [-0.39, 0.29) is 22.9 Å². The van der Waals surface area contributed by atoms with Crippen molar-refractivity contribution in [3.05, 3.63) is 24.2 Å². The number of aryl methyl sites for hydroxylation is 1. The third kappa shape index (κ3) is 2.83. The molecule has 0 bridgehead atoms. The van der Waals surface area contributed by atoms with Crippen LogP contribution in [0.5, 0.6) is 0 Å². The molecule has 0 aliphatic carbocycles. The van der Waals surface area contributed by atoms with Gasteiger partial charge in [0.05, 0.1) is 17.5 Å². The molecule has 2 rings (SSSR count). The summed E-state index contributed by atoms with van der Waals surface area (Å²) >= 11 is 0. The van der Waals surface area contributed by atoms with Crippen LogP contribution in [0.4, 0.5) is 0 Å². The summed E-state index contributed by atoms with van der Waals surface area (Å²) in [5.41, 5.74) is -0.557. The standard InChI is InChI=1S/C15H22O3/c1-14(2)10-12(15(3,4)18-14)13(16)8-7-11-6-5-9-17-11/h5-6,9,12H,7-8,10H2,1-4H3. The minimum absolute atomic E-state index is 0.0116. The molecule has 0 radical (unpaired) electrons. The molecule has 1 fully saturated rings. The fourth-order valence-electron chi connectivity index (χ4n) is 2.94. The van der Waals surface area contributed by atoms with Gasteiger partial charge < -0.3 is 9.15 Å². The van der Waals surface area contributed by atoms with E-state index in [1.807, 2.05) is 26.0 Å².